The Hall–Kier alpha value is -2.66. The molecule has 0 atom stereocenters. The van der Waals surface area contributed by atoms with Gasteiger partial charge in [-0.15, -0.1) is 11.3 Å². The summed E-state index contributed by atoms with van der Waals surface area (Å²) in [6.45, 7) is 0.477. The first-order valence-electron chi connectivity index (χ1n) is 6.85. The first-order chi connectivity index (χ1) is 10.7. The maximum Gasteiger partial charge on any atom is 0.255 e. The van der Waals surface area contributed by atoms with Gasteiger partial charge in [0.2, 0.25) is 0 Å². The molecule has 22 heavy (non-hydrogen) atoms. The van der Waals surface area contributed by atoms with E-state index in [1.54, 1.807) is 29.7 Å². The lowest BCUT2D eigenvalue weighted by Crippen LogP contribution is -2.23. The van der Waals surface area contributed by atoms with Gasteiger partial charge in [-0.3, -0.25) is 4.79 Å². The number of nitrogens with zero attached hydrogens (tertiary/aromatic N) is 1. The van der Waals surface area contributed by atoms with Gasteiger partial charge in [0.1, 0.15) is 5.82 Å². The lowest BCUT2D eigenvalue weighted by molar-refractivity contribution is 0.0952. The Morgan fingerprint density at radius 1 is 1.14 bits per heavy atom. The number of rotatable bonds is 4. The molecule has 0 saturated heterocycles. The Morgan fingerprint density at radius 2 is 1.95 bits per heavy atom. The van der Waals surface area contributed by atoms with E-state index < -0.39 is 0 Å². The molecular formula is C17H15N3OS. The minimum absolute atomic E-state index is 0.208. The van der Waals surface area contributed by atoms with Crippen molar-refractivity contribution in [1.82, 2.24) is 10.3 Å². The quantitative estimate of drug-likeness (QED) is 0.777. The molecule has 2 aromatic heterocycles. The normalized spacial score (nSPS) is 10.4. The zero-order valence-corrected chi connectivity index (χ0v) is 12.6. The van der Waals surface area contributed by atoms with Crippen molar-refractivity contribution in [2.75, 3.05) is 5.73 Å². The Bertz CT molecular complexity index is 783. The van der Waals surface area contributed by atoms with Crippen LogP contribution in [0.2, 0.25) is 0 Å². The fourth-order valence-corrected chi connectivity index (χ4v) is 2.96. The van der Waals surface area contributed by atoms with Crippen molar-refractivity contribution in [3.8, 4) is 11.1 Å². The van der Waals surface area contributed by atoms with Gasteiger partial charge in [-0.1, -0.05) is 30.3 Å². The van der Waals surface area contributed by atoms with Crippen LogP contribution in [-0.4, -0.2) is 10.9 Å². The largest absolute Gasteiger partial charge is 0.383 e. The monoisotopic (exact) mass is 309 g/mol. The van der Waals surface area contributed by atoms with Crippen molar-refractivity contribution < 1.29 is 4.79 Å². The third-order valence-corrected chi connectivity index (χ3v) is 4.20. The molecule has 1 amide bonds. The van der Waals surface area contributed by atoms with Gasteiger partial charge in [-0.25, -0.2) is 4.98 Å². The Kier molecular flexibility index (Phi) is 4.16. The number of aromatic nitrogens is 1. The molecule has 5 heteroatoms. The molecule has 0 unspecified atom stereocenters. The van der Waals surface area contributed by atoms with E-state index in [1.165, 1.54) is 5.56 Å². The van der Waals surface area contributed by atoms with Crippen LogP contribution in [0.4, 0.5) is 5.82 Å². The molecular weight excluding hydrogens is 294 g/mol. The number of carbonyl (C=O) groups excluding carboxylic acids is 1. The molecule has 0 aliphatic rings. The summed E-state index contributed by atoms with van der Waals surface area (Å²) in [5.74, 6) is 0.0383. The minimum Gasteiger partial charge on any atom is -0.383 e. The molecule has 3 N–H and O–H groups in total. The highest BCUT2D eigenvalue weighted by atomic mass is 32.1. The number of amides is 1. The van der Waals surface area contributed by atoms with Gasteiger partial charge in [-0.05, 0) is 34.7 Å². The number of anilines is 1. The maximum atomic E-state index is 12.1. The van der Waals surface area contributed by atoms with Crippen LogP contribution in [0.25, 0.3) is 11.1 Å². The summed E-state index contributed by atoms with van der Waals surface area (Å²) in [5, 5.41) is 4.96. The van der Waals surface area contributed by atoms with Crippen molar-refractivity contribution in [2.24, 2.45) is 0 Å². The van der Waals surface area contributed by atoms with E-state index in [0.717, 1.165) is 10.4 Å². The van der Waals surface area contributed by atoms with Gasteiger partial charge in [0.15, 0.2) is 0 Å². The van der Waals surface area contributed by atoms with Gasteiger partial charge in [0, 0.05) is 11.1 Å². The molecule has 3 rings (SSSR count). The summed E-state index contributed by atoms with van der Waals surface area (Å²) < 4.78 is 0. The van der Waals surface area contributed by atoms with Crippen LogP contribution in [0.15, 0.2) is 60.1 Å². The average molecular weight is 309 g/mol. The third-order valence-electron chi connectivity index (χ3n) is 3.27. The summed E-state index contributed by atoms with van der Waals surface area (Å²) in [7, 11) is 0. The lowest BCUT2D eigenvalue weighted by Gasteiger charge is -2.05. The number of carbonyl (C=O) groups is 1. The maximum absolute atomic E-state index is 12.1. The molecule has 110 valence electrons. The molecule has 0 radical (unpaired) electrons. The van der Waals surface area contributed by atoms with E-state index in [9.17, 15) is 4.79 Å². The fraction of sp³-hybridized carbons (Fsp3) is 0.0588. The second-order valence-electron chi connectivity index (χ2n) is 4.79. The number of hydrogen-bond acceptors (Lipinski definition) is 4. The molecule has 0 saturated carbocycles. The molecule has 0 aliphatic heterocycles. The predicted molar refractivity (Wildman–Crippen MR) is 89.6 cm³/mol. The average Bonchev–Trinajstić information content (AvgIpc) is 3.03. The highest BCUT2D eigenvalue weighted by molar-refractivity contribution is 7.10. The van der Waals surface area contributed by atoms with Crippen LogP contribution in [-0.2, 0) is 6.54 Å². The van der Waals surface area contributed by atoms with E-state index >= 15 is 0 Å². The van der Waals surface area contributed by atoms with E-state index in [4.69, 9.17) is 5.73 Å². The predicted octanol–water partition coefficient (Wildman–Crippen LogP) is 3.32. The van der Waals surface area contributed by atoms with Crippen molar-refractivity contribution in [3.63, 3.8) is 0 Å². The van der Waals surface area contributed by atoms with Gasteiger partial charge >= 0.3 is 0 Å². The third kappa shape index (κ3) is 3.15. The second kappa shape index (κ2) is 6.41. The van der Waals surface area contributed by atoms with Crippen LogP contribution in [0, 0.1) is 0 Å². The fourth-order valence-electron chi connectivity index (χ4n) is 2.13. The summed E-state index contributed by atoms with van der Waals surface area (Å²) >= 11 is 1.62. The van der Waals surface area contributed by atoms with E-state index in [2.05, 4.69) is 33.9 Å². The number of thiophene rings is 1. The zero-order valence-electron chi connectivity index (χ0n) is 11.8. The van der Waals surface area contributed by atoms with E-state index in [-0.39, 0.29) is 11.7 Å². The Balaban J connectivity index is 1.67. The van der Waals surface area contributed by atoms with Crippen molar-refractivity contribution in [3.05, 3.63) is 70.5 Å². The molecule has 0 aliphatic carbocycles. The van der Waals surface area contributed by atoms with Crippen LogP contribution in [0.1, 0.15) is 15.2 Å². The SMILES string of the molecule is Nc1ncccc1C(=O)NCc1cc(-c2ccccc2)cs1. The molecule has 0 spiro atoms. The van der Waals surface area contributed by atoms with Gasteiger partial charge < -0.3 is 11.1 Å². The highest BCUT2D eigenvalue weighted by Crippen LogP contribution is 2.25. The number of nitrogen functional groups attached to an aromatic ring is 1. The standard InChI is InChI=1S/C17H15N3OS/c18-16-15(7-4-8-19-16)17(21)20-10-14-9-13(11-22-14)12-5-2-1-3-6-12/h1-9,11H,10H2,(H2,18,19)(H,20,21). The van der Waals surface area contributed by atoms with Crippen LogP contribution in [0.5, 0.6) is 0 Å². The van der Waals surface area contributed by atoms with Gasteiger partial charge in [-0.2, -0.15) is 0 Å². The molecule has 1 aromatic carbocycles. The second-order valence-corrected chi connectivity index (χ2v) is 5.78. The van der Waals surface area contributed by atoms with Crippen molar-refractivity contribution in [1.29, 1.82) is 0 Å². The lowest BCUT2D eigenvalue weighted by atomic mass is 10.1. The van der Waals surface area contributed by atoms with E-state index in [1.807, 2.05) is 18.2 Å². The molecule has 4 nitrogen and oxygen atoms in total. The number of benzene rings is 1. The number of nitrogens with two attached hydrogens (primary N) is 1. The summed E-state index contributed by atoms with van der Waals surface area (Å²) in [4.78, 5) is 17.1. The minimum atomic E-state index is -0.208. The molecule has 3 aromatic rings. The van der Waals surface area contributed by atoms with Gasteiger partial charge in [0.25, 0.3) is 5.91 Å². The molecule has 0 bridgehead atoms. The Labute approximate surface area is 132 Å². The first-order valence-corrected chi connectivity index (χ1v) is 7.73. The highest BCUT2D eigenvalue weighted by Gasteiger charge is 2.10. The van der Waals surface area contributed by atoms with E-state index in [0.29, 0.717) is 12.1 Å². The summed E-state index contributed by atoms with van der Waals surface area (Å²) in [6, 6.07) is 15.6. The van der Waals surface area contributed by atoms with Crippen LogP contribution in [0.3, 0.4) is 0 Å². The topological polar surface area (TPSA) is 68.0 Å². The number of nitrogens with one attached hydrogen (secondary N) is 1. The van der Waals surface area contributed by atoms with Crippen LogP contribution < -0.4 is 11.1 Å². The first kappa shape index (κ1) is 14.3. The van der Waals surface area contributed by atoms with Crippen molar-refractivity contribution in [2.45, 2.75) is 6.54 Å². The Morgan fingerprint density at radius 3 is 2.73 bits per heavy atom. The molecule has 2 heterocycles. The summed E-state index contributed by atoms with van der Waals surface area (Å²) in [5.41, 5.74) is 8.44. The summed E-state index contributed by atoms with van der Waals surface area (Å²) in [6.07, 6.45) is 1.57. The van der Waals surface area contributed by atoms with Crippen LogP contribution >= 0.6 is 11.3 Å². The van der Waals surface area contributed by atoms with Gasteiger partial charge in [0.05, 0.1) is 12.1 Å². The number of hydrogen-bond donors (Lipinski definition) is 2. The smallest absolute Gasteiger partial charge is 0.255 e. The van der Waals surface area contributed by atoms with Crippen molar-refractivity contribution >= 4 is 23.1 Å². The molecule has 0 fully saturated rings. The number of pyridine rings is 1. The zero-order chi connectivity index (χ0) is 15.4.